The maximum absolute atomic E-state index is 13.4. The van der Waals surface area contributed by atoms with Crippen molar-refractivity contribution in [2.75, 3.05) is 19.7 Å². The predicted octanol–water partition coefficient (Wildman–Crippen LogP) is 3.67. The molecule has 4 rings (SSSR count). The number of benzene rings is 2. The normalized spacial score (nSPS) is 20.5. The van der Waals surface area contributed by atoms with Gasteiger partial charge in [0.05, 0.1) is 22.2 Å². The number of amides is 2. The number of nitrogens with zero attached hydrogens (tertiary/aromatic N) is 1. The second kappa shape index (κ2) is 12.1. The van der Waals surface area contributed by atoms with Crippen molar-refractivity contribution in [3.05, 3.63) is 75.5 Å². The molecular weight excluding hydrogens is 557 g/mol. The summed E-state index contributed by atoms with van der Waals surface area (Å²) in [7, 11) is 0. The van der Waals surface area contributed by atoms with E-state index in [2.05, 4.69) is 21.2 Å². The van der Waals surface area contributed by atoms with E-state index in [0.29, 0.717) is 42.6 Å². The van der Waals surface area contributed by atoms with Crippen LogP contribution < -0.4 is 15.8 Å². The summed E-state index contributed by atoms with van der Waals surface area (Å²) in [6, 6.07) is 12.0. The van der Waals surface area contributed by atoms with Crippen molar-refractivity contribution in [2.45, 2.75) is 50.1 Å². The first-order valence-corrected chi connectivity index (χ1v) is 13.4. The molecule has 0 aliphatic carbocycles. The van der Waals surface area contributed by atoms with Crippen LogP contribution in [0.1, 0.15) is 43.2 Å². The first-order valence-electron chi connectivity index (χ1n) is 12.6. The minimum atomic E-state index is -1.03. The molecule has 38 heavy (non-hydrogen) atoms. The lowest BCUT2D eigenvalue weighted by atomic mass is 9.75. The first-order chi connectivity index (χ1) is 18.2. The van der Waals surface area contributed by atoms with E-state index >= 15 is 0 Å². The van der Waals surface area contributed by atoms with Crippen LogP contribution in [-0.2, 0) is 26.3 Å². The molecule has 0 aromatic heterocycles. The van der Waals surface area contributed by atoms with Crippen LogP contribution in [0.3, 0.4) is 0 Å². The van der Waals surface area contributed by atoms with Crippen LogP contribution in [0.4, 0.5) is 4.39 Å². The second-order valence-corrected chi connectivity index (χ2v) is 10.6. The van der Waals surface area contributed by atoms with E-state index in [9.17, 15) is 23.9 Å². The summed E-state index contributed by atoms with van der Waals surface area (Å²) in [5, 5.41) is 13.5. The number of hydrogen-bond donors (Lipinski definition) is 3. The number of primary amides is 1. The van der Waals surface area contributed by atoms with Gasteiger partial charge in [-0.3, -0.25) is 14.9 Å². The molecule has 2 heterocycles. The molecule has 2 aliphatic heterocycles. The van der Waals surface area contributed by atoms with Crippen molar-refractivity contribution in [3.8, 4) is 5.75 Å². The van der Waals surface area contributed by atoms with Crippen LogP contribution in [0, 0.1) is 5.82 Å². The van der Waals surface area contributed by atoms with Gasteiger partial charge in [-0.15, -0.1) is 0 Å². The maximum Gasteiger partial charge on any atom is 0.333 e. The lowest BCUT2D eigenvalue weighted by Gasteiger charge is -2.50. The predicted molar refractivity (Wildman–Crippen MR) is 143 cm³/mol. The van der Waals surface area contributed by atoms with Crippen molar-refractivity contribution in [3.63, 3.8) is 0 Å². The summed E-state index contributed by atoms with van der Waals surface area (Å²) >= 11 is 3.35. The Morgan fingerprint density at radius 3 is 2.63 bits per heavy atom. The number of ether oxygens (including phenoxy) is 1. The largest absolute Gasteiger partial charge is 0.492 e. The number of carboxylic acids is 1. The average Bonchev–Trinajstić information content (AvgIpc) is 2.88. The Balaban J connectivity index is 1.45. The van der Waals surface area contributed by atoms with Crippen LogP contribution in [-0.4, -0.2) is 53.5 Å². The molecule has 2 amide bonds. The molecule has 1 fully saturated rings. The van der Waals surface area contributed by atoms with Gasteiger partial charge in [0.1, 0.15) is 11.6 Å². The molecule has 1 saturated heterocycles. The van der Waals surface area contributed by atoms with E-state index in [1.54, 1.807) is 17.0 Å². The Bertz CT molecular complexity index is 1240. The Kier molecular flexibility index (Phi) is 8.83. The molecule has 0 unspecified atom stereocenters. The molecule has 0 spiro atoms. The number of halogens is 2. The molecule has 0 saturated carbocycles. The summed E-state index contributed by atoms with van der Waals surface area (Å²) in [6.07, 6.45) is 4.39. The Morgan fingerprint density at radius 1 is 1.16 bits per heavy atom. The number of hydrogen-bond acceptors (Lipinski definition) is 5. The average molecular weight is 588 g/mol. The summed E-state index contributed by atoms with van der Waals surface area (Å²) in [5.74, 6) is -1.49. The zero-order valence-corrected chi connectivity index (χ0v) is 22.5. The van der Waals surface area contributed by atoms with Gasteiger partial charge >= 0.3 is 5.97 Å². The third kappa shape index (κ3) is 6.42. The van der Waals surface area contributed by atoms with Gasteiger partial charge in [-0.2, -0.15) is 0 Å². The lowest BCUT2D eigenvalue weighted by Crippen LogP contribution is -2.66. The van der Waals surface area contributed by atoms with Gasteiger partial charge in [-0.05, 0) is 64.9 Å². The summed E-state index contributed by atoms with van der Waals surface area (Å²) in [5.41, 5.74) is 6.22. The smallest absolute Gasteiger partial charge is 0.333 e. The van der Waals surface area contributed by atoms with Gasteiger partial charge < -0.3 is 20.5 Å². The van der Waals surface area contributed by atoms with Gasteiger partial charge in [-0.1, -0.05) is 30.3 Å². The minimum absolute atomic E-state index is 0.0779. The highest BCUT2D eigenvalue weighted by Crippen LogP contribution is 2.38. The van der Waals surface area contributed by atoms with Crippen molar-refractivity contribution in [1.29, 1.82) is 0 Å². The van der Waals surface area contributed by atoms with Crippen molar-refractivity contribution < 1.29 is 28.6 Å². The second-order valence-electron chi connectivity index (χ2n) is 9.72. The Labute approximate surface area is 229 Å². The molecule has 2 bridgehead atoms. The molecule has 2 aromatic rings. The number of carbonyl (C=O) groups excluding carboxylic acids is 2. The highest BCUT2D eigenvalue weighted by Gasteiger charge is 2.49. The molecule has 10 heteroatoms. The number of carboxylic acid groups (broad SMARTS) is 1. The molecule has 2 atom stereocenters. The quantitative estimate of drug-likeness (QED) is 0.345. The molecule has 0 radical (unpaired) electrons. The molecule has 8 nitrogen and oxygen atoms in total. The topological polar surface area (TPSA) is 122 Å². The van der Waals surface area contributed by atoms with Gasteiger partial charge in [0.15, 0.2) is 0 Å². The Morgan fingerprint density at radius 2 is 1.92 bits per heavy atom. The fraction of sp³-hybridized carbons (Fsp3) is 0.393. The van der Waals surface area contributed by atoms with E-state index in [4.69, 9.17) is 10.5 Å². The highest BCUT2D eigenvalue weighted by molar-refractivity contribution is 9.10. The van der Waals surface area contributed by atoms with E-state index in [-0.39, 0.29) is 42.7 Å². The fourth-order valence-electron chi connectivity index (χ4n) is 5.15. The third-order valence-electron chi connectivity index (χ3n) is 6.99. The number of rotatable bonds is 11. The SMILES string of the molecule is NC(=O)CCCC(=O)N1C[C@H]2CC=C(C(=O)O)[C@@](c3ccc(CCCOc4cc(F)ccc4Br)cc3)(C1)N2. The van der Waals surface area contributed by atoms with Crippen molar-refractivity contribution >= 4 is 33.7 Å². The summed E-state index contributed by atoms with van der Waals surface area (Å²) in [4.78, 5) is 38.0. The fourth-order valence-corrected chi connectivity index (χ4v) is 5.51. The number of aliphatic carboxylic acids is 1. The molecule has 202 valence electrons. The number of carbonyl (C=O) groups is 3. The molecule has 2 aliphatic rings. The van der Waals surface area contributed by atoms with Crippen LogP contribution in [0.2, 0.25) is 0 Å². The van der Waals surface area contributed by atoms with Crippen LogP contribution in [0.15, 0.2) is 58.6 Å². The zero-order valence-electron chi connectivity index (χ0n) is 20.9. The van der Waals surface area contributed by atoms with Crippen LogP contribution >= 0.6 is 15.9 Å². The maximum atomic E-state index is 13.4. The summed E-state index contributed by atoms with van der Waals surface area (Å²) < 4.78 is 19.8. The number of nitrogens with one attached hydrogen (secondary N) is 1. The van der Waals surface area contributed by atoms with Gasteiger partial charge in [0.25, 0.3) is 0 Å². The number of piperazine rings is 1. The lowest BCUT2D eigenvalue weighted by molar-refractivity contribution is -0.138. The summed E-state index contributed by atoms with van der Waals surface area (Å²) in [6.45, 7) is 1.07. The van der Waals surface area contributed by atoms with E-state index in [1.165, 1.54) is 12.1 Å². The van der Waals surface area contributed by atoms with Gasteiger partial charge in [-0.25, -0.2) is 9.18 Å². The van der Waals surface area contributed by atoms with E-state index in [0.717, 1.165) is 17.5 Å². The molecule has 2 aromatic carbocycles. The van der Waals surface area contributed by atoms with Crippen LogP contribution in [0.25, 0.3) is 0 Å². The monoisotopic (exact) mass is 587 g/mol. The molecule has 4 N–H and O–H groups in total. The zero-order chi connectivity index (χ0) is 27.3. The van der Waals surface area contributed by atoms with Crippen molar-refractivity contribution in [2.24, 2.45) is 5.73 Å². The highest BCUT2D eigenvalue weighted by atomic mass is 79.9. The molecular formula is C28H31BrFN3O5. The van der Waals surface area contributed by atoms with Crippen molar-refractivity contribution in [1.82, 2.24) is 10.2 Å². The Hall–Kier alpha value is -3.24. The minimum Gasteiger partial charge on any atom is -0.492 e. The first kappa shape index (κ1) is 27.8. The van der Waals surface area contributed by atoms with Crippen LogP contribution in [0.5, 0.6) is 5.75 Å². The van der Waals surface area contributed by atoms with E-state index in [1.807, 2.05) is 24.3 Å². The number of fused-ring (bicyclic) bond motifs is 2. The standard InChI is InChI=1S/C28H31BrFN3O5/c29-23-13-10-20(30)15-24(23)38-14-2-3-18-6-8-19(9-7-18)28-17-33(26(35)5-1-4-25(31)34)16-21(32-28)11-12-22(28)27(36)37/h6-10,12-13,15,21,32H,1-5,11,14,16-17H2,(H2,31,34)(H,36,37)/t21-,28+/m1/s1. The third-order valence-corrected chi connectivity index (χ3v) is 7.65. The van der Waals surface area contributed by atoms with Gasteiger partial charge in [0.2, 0.25) is 11.8 Å². The van der Waals surface area contributed by atoms with E-state index < -0.39 is 17.4 Å². The number of nitrogens with two attached hydrogens (primary N) is 1. The number of aryl methyl sites for hydroxylation is 1. The van der Waals surface area contributed by atoms with Gasteiger partial charge in [0, 0.05) is 38.0 Å².